The van der Waals surface area contributed by atoms with Gasteiger partial charge in [0, 0.05) is 18.3 Å². The molecule has 0 aliphatic carbocycles. The lowest BCUT2D eigenvalue weighted by Gasteiger charge is -2.13. The van der Waals surface area contributed by atoms with Gasteiger partial charge in [-0.1, -0.05) is 18.2 Å². The Bertz CT molecular complexity index is 1060. The zero-order valence-corrected chi connectivity index (χ0v) is 15.5. The van der Waals surface area contributed by atoms with Crippen molar-refractivity contribution in [1.82, 2.24) is 24.8 Å². The summed E-state index contributed by atoms with van der Waals surface area (Å²) in [6.45, 7) is 6.98. The van der Waals surface area contributed by atoms with Gasteiger partial charge in [0.1, 0.15) is 5.52 Å². The second-order valence-corrected chi connectivity index (χ2v) is 6.00. The quantitative estimate of drug-likeness (QED) is 0.589. The van der Waals surface area contributed by atoms with Gasteiger partial charge < -0.3 is 10.3 Å². The number of nitrogen functional groups attached to an aromatic ring is 1. The number of benzene rings is 1. The van der Waals surface area contributed by atoms with E-state index in [0.717, 1.165) is 16.6 Å². The fourth-order valence-corrected chi connectivity index (χ4v) is 3.35. The zero-order valence-electron chi connectivity index (χ0n) is 14.7. The predicted molar refractivity (Wildman–Crippen MR) is 103 cm³/mol. The average molecular weight is 371 g/mol. The number of nitrogens with two attached hydrogens (primary N) is 1. The number of halogens is 1. The van der Waals surface area contributed by atoms with E-state index in [1.54, 1.807) is 6.20 Å². The van der Waals surface area contributed by atoms with E-state index in [2.05, 4.69) is 58.8 Å². The van der Waals surface area contributed by atoms with Crippen LogP contribution in [-0.4, -0.2) is 24.8 Å². The van der Waals surface area contributed by atoms with Gasteiger partial charge in [-0.3, -0.25) is 4.98 Å². The van der Waals surface area contributed by atoms with Crippen LogP contribution in [0.4, 0.5) is 5.82 Å². The van der Waals surface area contributed by atoms with Crippen molar-refractivity contribution in [1.29, 1.82) is 0 Å². The van der Waals surface area contributed by atoms with Gasteiger partial charge in [-0.25, -0.2) is 9.61 Å². The fraction of sp³-hybridized carbons (Fsp3) is 0.222. The van der Waals surface area contributed by atoms with Crippen LogP contribution in [-0.2, 0) is 6.54 Å². The molecule has 0 aliphatic rings. The van der Waals surface area contributed by atoms with Crippen molar-refractivity contribution in [3.05, 3.63) is 41.7 Å². The first kappa shape index (κ1) is 17.9. The van der Waals surface area contributed by atoms with Gasteiger partial charge in [0.2, 0.25) is 0 Å². The molecule has 0 unspecified atom stereocenters. The van der Waals surface area contributed by atoms with E-state index in [1.807, 2.05) is 6.20 Å². The molecule has 0 amide bonds. The van der Waals surface area contributed by atoms with Gasteiger partial charge in [0.15, 0.2) is 17.3 Å². The van der Waals surface area contributed by atoms with Crippen molar-refractivity contribution >= 4 is 29.3 Å². The molecule has 1 aromatic carbocycles. The molecule has 0 saturated heterocycles. The molecule has 0 atom stereocenters. The summed E-state index contributed by atoms with van der Waals surface area (Å²) < 4.78 is 6.83. The Morgan fingerprint density at radius 2 is 1.85 bits per heavy atom. The number of fused-ring (bicyclic) bond motifs is 1. The standard InChI is InChI=1S/C18H18N6O.ClH/c1-4-24-16-12(14-10(2)6-5-7-11(14)3)8-20-9-13(16)21-18(24)15-17(19)23-25-22-15;/h5-9H,4H2,1-3H3,(H2,19,23);1H. The second-order valence-electron chi connectivity index (χ2n) is 6.00. The molecule has 0 radical (unpaired) electrons. The third-order valence-electron chi connectivity index (χ3n) is 4.44. The first-order valence-corrected chi connectivity index (χ1v) is 8.11. The van der Waals surface area contributed by atoms with Crippen LogP contribution >= 0.6 is 12.4 Å². The molecular formula is C18H19ClN6O. The first-order chi connectivity index (χ1) is 12.1. The third kappa shape index (κ3) is 2.61. The highest BCUT2D eigenvalue weighted by Crippen LogP contribution is 2.35. The summed E-state index contributed by atoms with van der Waals surface area (Å²) in [4.78, 5) is 9.09. The van der Waals surface area contributed by atoms with Gasteiger partial charge >= 0.3 is 0 Å². The minimum absolute atomic E-state index is 0. The van der Waals surface area contributed by atoms with Gasteiger partial charge in [0.25, 0.3) is 0 Å². The van der Waals surface area contributed by atoms with Crippen molar-refractivity contribution in [2.24, 2.45) is 0 Å². The molecule has 3 heterocycles. The molecule has 26 heavy (non-hydrogen) atoms. The lowest BCUT2D eigenvalue weighted by molar-refractivity contribution is 0.310. The van der Waals surface area contributed by atoms with Gasteiger partial charge in [-0.2, -0.15) is 0 Å². The third-order valence-corrected chi connectivity index (χ3v) is 4.44. The van der Waals surface area contributed by atoms with E-state index >= 15 is 0 Å². The lowest BCUT2D eigenvalue weighted by Crippen LogP contribution is -2.01. The summed E-state index contributed by atoms with van der Waals surface area (Å²) in [5, 5.41) is 7.58. The molecule has 4 rings (SSSR count). The molecule has 7 nitrogen and oxygen atoms in total. The first-order valence-electron chi connectivity index (χ1n) is 8.11. The monoisotopic (exact) mass is 370 g/mol. The maximum atomic E-state index is 5.88. The Hall–Kier alpha value is -2.93. The topological polar surface area (TPSA) is 95.7 Å². The molecule has 0 spiro atoms. The molecule has 0 fully saturated rings. The van der Waals surface area contributed by atoms with Crippen LogP contribution < -0.4 is 5.73 Å². The van der Waals surface area contributed by atoms with Crippen LogP contribution in [0.1, 0.15) is 18.1 Å². The van der Waals surface area contributed by atoms with E-state index in [4.69, 9.17) is 15.3 Å². The van der Waals surface area contributed by atoms with Crippen LogP contribution in [0.25, 0.3) is 33.7 Å². The van der Waals surface area contributed by atoms with Crippen LogP contribution in [0, 0.1) is 13.8 Å². The molecule has 4 aromatic rings. The number of hydrogen-bond acceptors (Lipinski definition) is 6. The summed E-state index contributed by atoms with van der Waals surface area (Å²) in [6.07, 6.45) is 3.64. The highest BCUT2D eigenvalue weighted by atomic mass is 35.5. The van der Waals surface area contributed by atoms with E-state index in [-0.39, 0.29) is 18.2 Å². The summed E-state index contributed by atoms with van der Waals surface area (Å²) in [5.74, 6) is 0.864. The van der Waals surface area contributed by atoms with Crippen LogP contribution in [0.5, 0.6) is 0 Å². The van der Waals surface area contributed by atoms with E-state index < -0.39 is 0 Å². The Morgan fingerprint density at radius 3 is 2.46 bits per heavy atom. The van der Waals surface area contributed by atoms with E-state index in [1.165, 1.54) is 16.7 Å². The van der Waals surface area contributed by atoms with Crippen molar-refractivity contribution in [2.45, 2.75) is 27.3 Å². The Kier molecular flexibility index (Phi) is 4.65. The fourth-order valence-electron chi connectivity index (χ4n) is 3.35. The SMILES string of the molecule is CCn1c(-c2nonc2N)nc2cncc(-c3c(C)cccc3C)c21.Cl. The van der Waals surface area contributed by atoms with E-state index in [0.29, 0.717) is 18.1 Å². The largest absolute Gasteiger partial charge is 0.379 e. The van der Waals surface area contributed by atoms with E-state index in [9.17, 15) is 0 Å². The molecule has 0 saturated carbocycles. The molecule has 3 aromatic heterocycles. The lowest BCUT2D eigenvalue weighted by atomic mass is 9.96. The average Bonchev–Trinajstić information content (AvgIpc) is 3.17. The molecule has 8 heteroatoms. The number of nitrogens with zero attached hydrogens (tertiary/aromatic N) is 5. The normalized spacial score (nSPS) is 10.9. The van der Waals surface area contributed by atoms with Gasteiger partial charge in [-0.15, -0.1) is 12.4 Å². The molecule has 2 N–H and O–H groups in total. The van der Waals surface area contributed by atoms with Crippen LogP contribution in [0.2, 0.25) is 0 Å². The number of anilines is 1. The smallest absolute Gasteiger partial charge is 0.199 e. The zero-order chi connectivity index (χ0) is 17.6. The summed E-state index contributed by atoms with van der Waals surface area (Å²) in [7, 11) is 0. The number of pyridine rings is 1. The Labute approximate surface area is 156 Å². The summed E-state index contributed by atoms with van der Waals surface area (Å²) in [6, 6.07) is 6.27. The van der Waals surface area contributed by atoms with Crippen molar-refractivity contribution in [3.8, 4) is 22.6 Å². The van der Waals surface area contributed by atoms with Crippen LogP contribution in [0.15, 0.2) is 35.2 Å². The Morgan fingerprint density at radius 1 is 1.12 bits per heavy atom. The molecule has 0 aliphatic heterocycles. The van der Waals surface area contributed by atoms with Crippen LogP contribution in [0.3, 0.4) is 0 Å². The maximum absolute atomic E-state index is 5.88. The molecule has 134 valence electrons. The highest BCUT2D eigenvalue weighted by molar-refractivity contribution is 5.95. The number of aromatic nitrogens is 5. The predicted octanol–water partition coefficient (Wildman–Crippen LogP) is 3.79. The number of aryl methyl sites for hydroxylation is 3. The minimum atomic E-state index is 0. The minimum Gasteiger partial charge on any atom is -0.379 e. The van der Waals surface area contributed by atoms with Crippen molar-refractivity contribution < 1.29 is 4.63 Å². The highest BCUT2D eigenvalue weighted by Gasteiger charge is 2.21. The van der Waals surface area contributed by atoms with Crippen molar-refractivity contribution in [2.75, 3.05) is 5.73 Å². The second kappa shape index (κ2) is 6.76. The van der Waals surface area contributed by atoms with Gasteiger partial charge in [0.05, 0.1) is 11.7 Å². The number of rotatable bonds is 3. The molecule has 0 bridgehead atoms. The summed E-state index contributed by atoms with van der Waals surface area (Å²) in [5.41, 5.74) is 12.7. The van der Waals surface area contributed by atoms with Gasteiger partial charge in [-0.05, 0) is 47.8 Å². The molecular weight excluding hydrogens is 352 g/mol. The number of imidazole rings is 1. The van der Waals surface area contributed by atoms with Crippen molar-refractivity contribution in [3.63, 3.8) is 0 Å². The maximum Gasteiger partial charge on any atom is 0.199 e. The summed E-state index contributed by atoms with van der Waals surface area (Å²) >= 11 is 0. The Balaban J connectivity index is 0.00000196. The number of hydrogen-bond donors (Lipinski definition) is 1.